The summed E-state index contributed by atoms with van der Waals surface area (Å²) in [5.41, 5.74) is 4.46. The molecule has 28 heavy (non-hydrogen) atoms. The van der Waals surface area contributed by atoms with Gasteiger partial charge in [0.15, 0.2) is 0 Å². The Hall–Kier alpha value is -3.18. The van der Waals surface area contributed by atoms with Crippen LogP contribution >= 0.6 is 11.6 Å². The minimum atomic E-state index is -0.285. The lowest BCUT2D eigenvalue weighted by atomic mass is 10.0. The van der Waals surface area contributed by atoms with E-state index in [1.807, 2.05) is 49.7 Å². The number of amides is 1. The number of fused-ring (bicyclic) bond motifs is 1. The van der Waals surface area contributed by atoms with Crippen LogP contribution in [0.1, 0.15) is 29.8 Å². The molecule has 0 saturated carbocycles. The second kappa shape index (κ2) is 8.67. The molecule has 0 atom stereocenters. The fourth-order valence-corrected chi connectivity index (χ4v) is 3.04. The highest BCUT2D eigenvalue weighted by molar-refractivity contribution is 6.34. The summed E-state index contributed by atoms with van der Waals surface area (Å²) in [5.74, 6) is 0.187. The predicted octanol–water partition coefficient (Wildman–Crippen LogP) is 5.64. The number of imidazole rings is 1. The largest absolute Gasteiger partial charge is 0.307 e. The third-order valence-corrected chi connectivity index (χ3v) is 4.50. The highest BCUT2D eigenvalue weighted by Gasteiger charge is 2.11. The molecule has 0 aliphatic carbocycles. The van der Waals surface area contributed by atoms with Crippen molar-refractivity contribution in [2.45, 2.75) is 20.8 Å². The van der Waals surface area contributed by atoms with Gasteiger partial charge in [-0.3, -0.25) is 4.79 Å². The van der Waals surface area contributed by atoms with Gasteiger partial charge in [0.1, 0.15) is 11.5 Å². The summed E-state index contributed by atoms with van der Waals surface area (Å²) >= 11 is 6.06. The van der Waals surface area contributed by atoms with Gasteiger partial charge in [-0.25, -0.2) is 9.97 Å². The van der Waals surface area contributed by atoms with Crippen LogP contribution in [0.2, 0.25) is 5.02 Å². The van der Waals surface area contributed by atoms with Crippen molar-refractivity contribution in [3.8, 4) is 11.1 Å². The van der Waals surface area contributed by atoms with Crippen LogP contribution in [0.25, 0.3) is 16.8 Å². The Morgan fingerprint density at radius 2 is 1.89 bits per heavy atom. The second-order valence-electron chi connectivity index (χ2n) is 5.93. The maximum absolute atomic E-state index is 12.3. The van der Waals surface area contributed by atoms with E-state index in [-0.39, 0.29) is 5.91 Å². The normalized spacial score (nSPS) is 10.3. The summed E-state index contributed by atoms with van der Waals surface area (Å²) in [6.45, 7) is 6.04. The molecule has 0 spiro atoms. The second-order valence-corrected chi connectivity index (χ2v) is 6.34. The Morgan fingerprint density at radius 1 is 1.11 bits per heavy atom. The van der Waals surface area contributed by atoms with Crippen LogP contribution < -0.4 is 5.32 Å². The fraction of sp³-hybridized carbons (Fsp3) is 0.136. The summed E-state index contributed by atoms with van der Waals surface area (Å²) < 4.78 is 1.97. The zero-order valence-electron chi connectivity index (χ0n) is 16.0. The molecule has 0 radical (unpaired) electrons. The molecule has 5 nitrogen and oxygen atoms in total. The van der Waals surface area contributed by atoms with Gasteiger partial charge >= 0.3 is 0 Å². The SMILES string of the molecule is CC.Cc1cc2nccn2cc1-c1ccc(NC(=O)c2ccccc2Cl)nc1. The van der Waals surface area contributed by atoms with Crippen molar-refractivity contribution in [1.29, 1.82) is 0 Å². The van der Waals surface area contributed by atoms with Crippen molar-refractivity contribution in [3.05, 3.63) is 83.4 Å². The van der Waals surface area contributed by atoms with Crippen LogP contribution in [0, 0.1) is 6.92 Å². The Kier molecular flexibility index (Phi) is 6.06. The van der Waals surface area contributed by atoms with Gasteiger partial charge in [-0.1, -0.05) is 37.6 Å². The van der Waals surface area contributed by atoms with E-state index in [2.05, 4.69) is 15.3 Å². The van der Waals surface area contributed by atoms with Crippen molar-refractivity contribution < 1.29 is 4.79 Å². The molecule has 3 heterocycles. The maximum atomic E-state index is 12.3. The van der Waals surface area contributed by atoms with E-state index in [4.69, 9.17) is 11.6 Å². The zero-order valence-corrected chi connectivity index (χ0v) is 16.7. The summed E-state index contributed by atoms with van der Waals surface area (Å²) in [5, 5.41) is 3.18. The number of aromatic nitrogens is 3. The standard InChI is InChI=1S/C20H15ClN4O.C2H6/c1-13-10-19-22-8-9-25(19)12-16(13)14-6-7-18(23-11-14)24-20(26)15-4-2-3-5-17(15)21;1-2/h2-12H,1H3,(H,23,24,26);1-2H3. The summed E-state index contributed by atoms with van der Waals surface area (Å²) in [7, 11) is 0. The van der Waals surface area contributed by atoms with Crippen LogP contribution in [0.4, 0.5) is 5.82 Å². The Balaban J connectivity index is 0.00000109. The molecule has 0 aliphatic heterocycles. The van der Waals surface area contributed by atoms with Crippen LogP contribution in [-0.2, 0) is 0 Å². The molecule has 0 fully saturated rings. The molecule has 0 unspecified atom stereocenters. The first-order valence-electron chi connectivity index (χ1n) is 9.07. The fourth-order valence-electron chi connectivity index (χ4n) is 2.82. The third kappa shape index (κ3) is 4.05. The lowest BCUT2D eigenvalue weighted by molar-refractivity contribution is 0.102. The van der Waals surface area contributed by atoms with Crippen LogP contribution in [0.15, 0.2) is 67.3 Å². The van der Waals surface area contributed by atoms with Crippen molar-refractivity contribution in [2.75, 3.05) is 5.32 Å². The Bertz CT molecular complexity index is 1100. The number of anilines is 1. The van der Waals surface area contributed by atoms with Gasteiger partial charge in [0, 0.05) is 35.9 Å². The van der Waals surface area contributed by atoms with Crippen molar-refractivity contribution >= 4 is 29.0 Å². The summed E-state index contributed by atoms with van der Waals surface area (Å²) in [6, 6.07) is 12.7. The van der Waals surface area contributed by atoms with E-state index >= 15 is 0 Å². The zero-order chi connectivity index (χ0) is 20.1. The van der Waals surface area contributed by atoms with E-state index in [0.717, 1.165) is 22.3 Å². The molecule has 0 bridgehead atoms. The number of aryl methyl sites for hydroxylation is 1. The first kappa shape index (κ1) is 19.6. The monoisotopic (exact) mass is 392 g/mol. The van der Waals surface area contributed by atoms with Gasteiger partial charge in [0.05, 0.1) is 10.6 Å². The topological polar surface area (TPSA) is 59.3 Å². The number of pyridine rings is 2. The van der Waals surface area contributed by atoms with E-state index < -0.39 is 0 Å². The van der Waals surface area contributed by atoms with E-state index in [1.54, 1.807) is 42.7 Å². The van der Waals surface area contributed by atoms with Gasteiger partial charge in [0.2, 0.25) is 0 Å². The molecule has 1 N–H and O–H groups in total. The molecule has 1 aromatic carbocycles. The lowest BCUT2D eigenvalue weighted by Gasteiger charge is -2.09. The van der Waals surface area contributed by atoms with Gasteiger partial charge in [-0.2, -0.15) is 0 Å². The number of rotatable bonds is 3. The molecule has 4 rings (SSSR count). The van der Waals surface area contributed by atoms with Crippen LogP contribution in [0.5, 0.6) is 0 Å². The van der Waals surface area contributed by atoms with Gasteiger partial charge in [0.25, 0.3) is 5.91 Å². The highest BCUT2D eigenvalue weighted by atomic mass is 35.5. The van der Waals surface area contributed by atoms with Crippen LogP contribution in [0.3, 0.4) is 0 Å². The molecule has 0 aliphatic rings. The Morgan fingerprint density at radius 3 is 2.61 bits per heavy atom. The maximum Gasteiger partial charge on any atom is 0.258 e. The number of benzene rings is 1. The van der Waals surface area contributed by atoms with E-state index in [1.165, 1.54) is 0 Å². The minimum Gasteiger partial charge on any atom is -0.307 e. The van der Waals surface area contributed by atoms with Crippen molar-refractivity contribution in [1.82, 2.24) is 14.4 Å². The molecular weight excluding hydrogens is 372 g/mol. The molecule has 1 amide bonds. The summed E-state index contributed by atoms with van der Waals surface area (Å²) in [6.07, 6.45) is 7.44. The molecule has 4 aromatic rings. The average molecular weight is 393 g/mol. The van der Waals surface area contributed by atoms with Crippen molar-refractivity contribution in [2.24, 2.45) is 0 Å². The first-order chi connectivity index (χ1) is 13.6. The third-order valence-electron chi connectivity index (χ3n) is 4.17. The van der Waals surface area contributed by atoms with Gasteiger partial charge < -0.3 is 9.72 Å². The Labute approximate surface area is 169 Å². The molecule has 0 saturated heterocycles. The molecular formula is C22H21ClN4O. The quantitative estimate of drug-likeness (QED) is 0.491. The lowest BCUT2D eigenvalue weighted by Crippen LogP contribution is -2.13. The molecule has 3 aromatic heterocycles. The minimum absolute atomic E-state index is 0.285. The smallest absolute Gasteiger partial charge is 0.258 e. The first-order valence-corrected chi connectivity index (χ1v) is 9.45. The highest BCUT2D eigenvalue weighted by Crippen LogP contribution is 2.25. The van der Waals surface area contributed by atoms with Gasteiger partial charge in [-0.15, -0.1) is 0 Å². The van der Waals surface area contributed by atoms with Crippen LogP contribution in [-0.4, -0.2) is 20.3 Å². The number of nitrogens with zero attached hydrogens (tertiary/aromatic N) is 3. The number of carbonyl (C=O) groups is 1. The average Bonchev–Trinajstić information content (AvgIpc) is 3.17. The van der Waals surface area contributed by atoms with Crippen molar-refractivity contribution in [3.63, 3.8) is 0 Å². The molecule has 142 valence electrons. The molecule has 6 heteroatoms. The number of carbonyl (C=O) groups excluding carboxylic acids is 1. The van der Waals surface area contributed by atoms with E-state index in [9.17, 15) is 4.79 Å². The predicted molar refractivity (Wildman–Crippen MR) is 114 cm³/mol. The van der Waals surface area contributed by atoms with Gasteiger partial charge in [-0.05, 0) is 42.8 Å². The number of nitrogens with one attached hydrogen (secondary N) is 1. The van der Waals surface area contributed by atoms with E-state index in [0.29, 0.717) is 16.4 Å². The number of halogens is 1. The number of hydrogen-bond acceptors (Lipinski definition) is 3. The number of hydrogen-bond donors (Lipinski definition) is 1. The summed E-state index contributed by atoms with van der Waals surface area (Å²) in [4.78, 5) is 21.0.